The maximum absolute atomic E-state index is 15.2. The number of nitrogens with zero attached hydrogens (tertiary/aromatic N) is 3. The maximum Gasteiger partial charge on any atom is 0.433 e. The van der Waals surface area contributed by atoms with E-state index in [4.69, 9.17) is 4.42 Å². The van der Waals surface area contributed by atoms with Gasteiger partial charge in [0.05, 0.1) is 6.07 Å². The molecule has 2 heterocycles. The summed E-state index contributed by atoms with van der Waals surface area (Å²) in [6, 6.07) is 12.2. The molecule has 0 spiro atoms. The van der Waals surface area contributed by atoms with Gasteiger partial charge in [0.25, 0.3) is 0 Å². The normalized spacial score (nSPS) is 11.0. The van der Waals surface area contributed by atoms with Gasteiger partial charge in [0.15, 0.2) is 29.0 Å². The summed E-state index contributed by atoms with van der Waals surface area (Å²) < 4.78 is 20.3. The number of nitro groups is 1. The number of aromatic nitrogens is 2. The molecule has 2 aromatic carbocycles. The number of nitrogens with one attached hydrogen (secondary N) is 2. The maximum atomic E-state index is 15.2. The summed E-state index contributed by atoms with van der Waals surface area (Å²) in [6.07, 6.45) is 2.74. The third-order valence-corrected chi connectivity index (χ3v) is 4.43. The summed E-state index contributed by atoms with van der Waals surface area (Å²) in [7, 11) is 0. The number of aromatic hydroxyl groups is 3. The molecule has 11 nitrogen and oxygen atoms in total. The van der Waals surface area contributed by atoms with E-state index in [2.05, 4.69) is 20.6 Å². The molecule has 0 radical (unpaired) electrons. The van der Waals surface area contributed by atoms with E-state index in [-0.39, 0.29) is 40.4 Å². The van der Waals surface area contributed by atoms with Crippen LogP contribution in [0.15, 0.2) is 59.0 Å². The number of rotatable bonds is 7. The van der Waals surface area contributed by atoms with Crippen LogP contribution in [0.3, 0.4) is 0 Å². The summed E-state index contributed by atoms with van der Waals surface area (Å²) in [6.45, 7) is 0. The molecule has 172 valence electrons. The molecule has 5 N–H and O–H groups in total. The second-order valence-electron chi connectivity index (χ2n) is 6.86. The summed E-state index contributed by atoms with van der Waals surface area (Å²) in [5.41, 5.74) is 0.667. The van der Waals surface area contributed by atoms with Gasteiger partial charge in [-0.15, -0.1) is 0 Å². The summed E-state index contributed by atoms with van der Waals surface area (Å²) in [5, 5.41) is 44.9. The van der Waals surface area contributed by atoms with Gasteiger partial charge in [-0.25, -0.2) is 9.97 Å². The Labute approximate surface area is 190 Å². The minimum Gasteiger partial charge on any atom is -0.508 e. The van der Waals surface area contributed by atoms with Crippen LogP contribution in [0.1, 0.15) is 11.6 Å². The van der Waals surface area contributed by atoms with Crippen molar-refractivity contribution >= 4 is 41.0 Å². The Balaban J connectivity index is 1.70. The first-order valence-electron chi connectivity index (χ1n) is 9.63. The molecular formula is C22H16FN5O6. The zero-order chi connectivity index (χ0) is 24.2. The lowest BCUT2D eigenvalue weighted by Crippen LogP contribution is -2.06. The topological polar surface area (TPSA) is 167 Å². The van der Waals surface area contributed by atoms with Crippen molar-refractivity contribution in [1.29, 1.82) is 0 Å². The standard InChI is InChI=1S/C22H16FN5O6/c23-20-21(24-12-1-4-14(29)5-2-12)26-18(9-6-15-7-10-19(34-15)28(32)33)27-22(20)25-13-3-8-16(30)17(31)11-13/h1-11,29-31H,(H2,24,25,26,27). The minimum atomic E-state index is -0.855. The SMILES string of the molecule is O=[N+]([O-])c1ccc(C=Cc2nc(Nc3ccc(O)cc3)c(F)c(Nc3ccc(O)c(O)c3)n2)o1. The fourth-order valence-corrected chi connectivity index (χ4v) is 2.81. The van der Waals surface area contributed by atoms with Crippen molar-refractivity contribution in [1.82, 2.24) is 9.97 Å². The van der Waals surface area contributed by atoms with Gasteiger partial charge in [0.1, 0.15) is 16.4 Å². The number of phenols is 3. The highest BCUT2D eigenvalue weighted by atomic mass is 19.1. The predicted molar refractivity (Wildman–Crippen MR) is 121 cm³/mol. The third kappa shape index (κ3) is 5.02. The number of anilines is 4. The molecule has 4 aromatic rings. The average Bonchev–Trinajstić information content (AvgIpc) is 3.29. The quantitative estimate of drug-likeness (QED) is 0.110. The molecule has 0 saturated heterocycles. The van der Waals surface area contributed by atoms with E-state index in [1.807, 2.05) is 0 Å². The van der Waals surface area contributed by atoms with Crippen molar-refractivity contribution in [3.63, 3.8) is 0 Å². The van der Waals surface area contributed by atoms with Crippen LogP contribution in [0.2, 0.25) is 0 Å². The highest BCUT2D eigenvalue weighted by Crippen LogP contribution is 2.31. The van der Waals surface area contributed by atoms with E-state index in [0.29, 0.717) is 5.69 Å². The molecule has 0 aliphatic carbocycles. The first-order chi connectivity index (χ1) is 16.3. The van der Waals surface area contributed by atoms with Gasteiger partial charge < -0.3 is 30.4 Å². The molecular weight excluding hydrogens is 449 g/mol. The highest BCUT2D eigenvalue weighted by Gasteiger charge is 2.16. The Hall–Kier alpha value is -5.13. The van der Waals surface area contributed by atoms with Crippen molar-refractivity contribution in [2.45, 2.75) is 0 Å². The van der Waals surface area contributed by atoms with E-state index in [9.17, 15) is 25.4 Å². The minimum absolute atomic E-state index is 0.0206. The van der Waals surface area contributed by atoms with Gasteiger partial charge in [-0.3, -0.25) is 10.1 Å². The van der Waals surface area contributed by atoms with Crippen molar-refractivity contribution < 1.29 is 29.1 Å². The number of hydrogen-bond acceptors (Lipinski definition) is 10. The highest BCUT2D eigenvalue weighted by molar-refractivity contribution is 5.70. The van der Waals surface area contributed by atoms with E-state index in [1.165, 1.54) is 66.7 Å². The van der Waals surface area contributed by atoms with Gasteiger partial charge >= 0.3 is 5.88 Å². The van der Waals surface area contributed by atoms with E-state index < -0.39 is 22.4 Å². The Morgan fingerprint density at radius 1 is 0.882 bits per heavy atom. The van der Waals surface area contributed by atoms with E-state index in [1.54, 1.807) is 0 Å². The molecule has 0 unspecified atom stereocenters. The smallest absolute Gasteiger partial charge is 0.433 e. The Morgan fingerprint density at radius 3 is 2.15 bits per heavy atom. The van der Waals surface area contributed by atoms with Crippen molar-refractivity contribution in [3.05, 3.63) is 82.1 Å². The van der Waals surface area contributed by atoms with Crippen molar-refractivity contribution in [3.8, 4) is 17.2 Å². The molecule has 0 aliphatic rings. The van der Waals surface area contributed by atoms with Crippen LogP contribution in [0, 0.1) is 15.9 Å². The van der Waals surface area contributed by atoms with Crippen LogP contribution in [-0.2, 0) is 0 Å². The Bertz CT molecular complexity index is 1390. The molecule has 12 heteroatoms. The fraction of sp³-hybridized carbons (Fsp3) is 0. The second kappa shape index (κ2) is 9.16. The zero-order valence-corrected chi connectivity index (χ0v) is 17.1. The van der Waals surface area contributed by atoms with Crippen LogP contribution in [0.25, 0.3) is 12.2 Å². The Morgan fingerprint density at radius 2 is 1.53 bits per heavy atom. The first kappa shape index (κ1) is 22.1. The largest absolute Gasteiger partial charge is 0.508 e. The average molecular weight is 465 g/mol. The molecule has 0 atom stereocenters. The first-order valence-corrected chi connectivity index (χ1v) is 9.63. The second-order valence-corrected chi connectivity index (χ2v) is 6.86. The van der Waals surface area contributed by atoms with Crippen LogP contribution in [-0.4, -0.2) is 30.2 Å². The van der Waals surface area contributed by atoms with Gasteiger partial charge in [-0.1, -0.05) is 0 Å². The molecule has 34 heavy (non-hydrogen) atoms. The van der Waals surface area contributed by atoms with Crippen molar-refractivity contribution in [2.24, 2.45) is 0 Å². The number of benzene rings is 2. The molecule has 0 aliphatic heterocycles. The van der Waals surface area contributed by atoms with Gasteiger partial charge in [0, 0.05) is 17.4 Å². The number of halogens is 1. The summed E-state index contributed by atoms with van der Waals surface area (Å²) >= 11 is 0. The fourth-order valence-electron chi connectivity index (χ4n) is 2.81. The van der Waals surface area contributed by atoms with E-state index >= 15 is 4.39 Å². The number of hydrogen-bond donors (Lipinski definition) is 5. The van der Waals surface area contributed by atoms with Gasteiger partial charge in [-0.05, 0) is 54.6 Å². The Kier molecular flexibility index (Phi) is 5.95. The lowest BCUT2D eigenvalue weighted by molar-refractivity contribution is -0.402. The predicted octanol–water partition coefficient (Wildman–Crippen LogP) is 4.89. The zero-order valence-electron chi connectivity index (χ0n) is 17.1. The number of phenolic OH excluding ortho intramolecular Hbond substituents is 3. The van der Waals surface area contributed by atoms with Gasteiger partial charge in [0.2, 0.25) is 5.82 Å². The number of furan rings is 1. The van der Waals surface area contributed by atoms with Gasteiger partial charge in [-0.2, -0.15) is 4.39 Å². The van der Waals surface area contributed by atoms with Crippen LogP contribution >= 0.6 is 0 Å². The lowest BCUT2D eigenvalue weighted by Gasteiger charge is -2.13. The molecule has 0 amide bonds. The third-order valence-electron chi connectivity index (χ3n) is 4.43. The molecule has 0 fully saturated rings. The summed E-state index contributed by atoms with van der Waals surface area (Å²) in [5.74, 6) is -2.32. The molecule has 4 rings (SSSR count). The molecule has 0 bridgehead atoms. The molecule has 0 saturated carbocycles. The molecule has 2 aromatic heterocycles. The lowest BCUT2D eigenvalue weighted by atomic mass is 10.2. The summed E-state index contributed by atoms with van der Waals surface area (Å²) in [4.78, 5) is 18.3. The van der Waals surface area contributed by atoms with Crippen molar-refractivity contribution in [2.75, 3.05) is 10.6 Å². The van der Waals surface area contributed by atoms with Crippen LogP contribution in [0.5, 0.6) is 17.2 Å². The van der Waals surface area contributed by atoms with Crippen LogP contribution in [0.4, 0.5) is 33.3 Å². The monoisotopic (exact) mass is 465 g/mol. The van der Waals surface area contributed by atoms with Crippen LogP contribution < -0.4 is 10.6 Å². The van der Waals surface area contributed by atoms with E-state index in [0.717, 1.165) is 0 Å².